The molecule has 0 spiro atoms. The molecule has 0 heterocycles. The van der Waals surface area contributed by atoms with Crippen molar-refractivity contribution in [3.05, 3.63) is 35.9 Å². The number of benzene rings is 1. The largest absolute Gasteiger partial charge is 0.504 e. The van der Waals surface area contributed by atoms with E-state index < -0.39 is 17.5 Å². The van der Waals surface area contributed by atoms with Crippen LogP contribution in [0.2, 0.25) is 0 Å². The fraction of sp³-hybridized carbons (Fsp3) is 0.438. The van der Waals surface area contributed by atoms with Crippen LogP contribution in [0.1, 0.15) is 38.4 Å². The highest BCUT2D eigenvalue weighted by Gasteiger charge is 2.29. The first kappa shape index (κ1) is 17.0. The number of allylic oxidation sites excluding steroid dienone is 1. The van der Waals surface area contributed by atoms with Crippen molar-refractivity contribution < 1.29 is 24.9 Å². The quantitative estimate of drug-likeness (QED) is 0.673. The number of hydrogen-bond acceptors (Lipinski definition) is 4. The highest BCUT2D eigenvalue weighted by molar-refractivity contribution is 5.79. The molecule has 1 aromatic rings. The van der Waals surface area contributed by atoms with E-state index in [0.29, 0.717) is 24.2 Å². The topological polar surface area (TPSA) is 87.0 Å². The van der Waals surface area contributed by atoms with Gasteiger partial charge >= 0.3 is 5.97 Å². The summed E-state index contributed by atoms with van der Waals surface area (Å²) in [6.45, 7) is 3.79. The molecule has 0 radical (unpaired) electrons. The Kier molecular flexibility index (Phi) is 5.79. The van der Waals surface area contributed by atoms with Crippen molar-refractivity contribution in [3.63, 3.8) is 0 Å². The molecule has 0 aliphatic carbocycles. The van der Waals surface area contributed by atoms with Crippen LogP contribution in [0, 0.1) is 5.41 Å². The number of carbonyl (C=O) groups is 1. The van der Waals surface area contributed by atoms with Crippen molar-refractivity contribution in [1.29, 1.82) is 0 Å². The molecule has 0 aliphatic rings. The van der Waals surface area contributed by atoms with Gasteiger partial charge in [-0.15, -0.1) is 0 Å². The maximum Gasteiger partial charge on any atom is 0.327 e. The van der Waals surface area contributed by atoms with Crippen LogP contribution >= 0.6 is 0 Å². The summed E-state index contributed by atoms with van der Waals surface area (Å²) in [4.78, 5) is 10.4. The van der Waals surface area contributed by atoms with Crippen LogP contribution < -0.4 is 4.74 Å². The van der Waals surface area contributed by atoms with Gasteiger partial charge in [0.2, 0.25) is 0 Å². The highest BCUT2D eigenvalue weighted by atomic mass is 16.5. The number of aliphatic hydroxyl groups excluding tert-OH is 1. The maximum atomic E-state index is 10.5. The monoisotopic (exact) mass is 294 g/mol. The number of aliphatic carboxylic acids is 1. The Balaban J connectivity index is 2.77. The molecule has 0 fully saturated rings. The lowest BCUT2D eigenvalue weighted by Crippen LogP contribution is -2.21. The predicted molar refractivity (Wildman–Crippen MR) is 79.4 cm³/mol. The van der Waals surface area contributed by atoms with Gasteiger partial charge in [-0.25, -0.2) is 4.79 Å². The number of ether oxygens (including phenoxy) is 1. The first-order valence-corrected chi connectivity index (χ1v) is 6.72. The molecule has 0 amide bonds. The van der Waals surface area contributed by atoms with Gasteiger partial charge in [0.1, 0.15) is 0 Å². The Labute approximate surface area is 124 Å². The van der Waals surface area contributed by atoms with Crippen molar-refractivity contribution in [2.45, 2.75) is 32.8 Å². The summed E-state index contributed by atoms with van der Waals surface area (Å²) in [6.07, 6.45) is 3.07. The molecule has 1 aromatic carbocycles. The minimum Gasteiger partial charge on any atom is -0.504 e. The van der Waals surface area contributed by atoms with Crippen LogP contribution in [0.25, 0.3) is 0 Å². The lowest BCUT2D eigenvalue weighted by atomic mass is 9.79. The summed E-state index contributed by atoms with van der Waals surface area (Å²) in [6, 6.07) is 4.80. The smallest absolute Gasteiger partial charge is 0.327 e. The zero-order chi connectivity index (χ0) is 16.0. The molecule has 0 saturated heterocycles. The minimum absolute atomic E-state index is 0.0179. The van der Waals surface area contributed by atoms with Gasteiger partial charge in [0.25, 0.3) is 0 Å². The fourth-order valence-electron chi connectivity index (χ4n) is 2.10. The van der Waals surface area contributed by atoms with Crippen LogP contribution in [0.4, 0.5) is 0 Å². The lowest BCUT2D eigenvalue weighted by Gasteiger charge is -2.30. The van der Waals surface area contributed by atoms with Crippen molar-refractivity contribution in [2.75, 3.05) is 7.11 Å². The van der Waals surface area contributed by atoms with Crippen molar-refractivity contribution in [2.24, 2.45) is 5.41 Å². The third-order valence-electron chi connectivity index (χ3n) is 3.47. The van der Waals surface area contributed by atoms with Crippen molar-refractivity contribution >= 4 is 5.97 Å². The molecular formula is C16H22O5. The summed E-state index contributed by atoms with van der Waals surface area (Å²) >= 11 is 0. The molecule has 0 aromatic heterocycles. The highest BCUT2D eigenvalue weighted by Crippen LogP contribution is 2.39. The molecule has 21 heavy (non-hydrogen) atoms. The fourth-order valence-corrected chi connectivity index (χ4v) is 2.10. The van der Waals surface area contributed by atoms with Gasteiger partial charge in [0.15, 0.2) is 11.5 Å². The van der Waals surface area contributed by atoms with Crippen LogP contribution in [0.3, 0.4) is 0 Å². The average molecular weight is 294 g/mol. The van der Waals surface area contributed by atoms with Gasteiger partial charge in [-0.3, -0.25) is 0 Å². The number of hydrogen-bond donors (Lipinski definition) is 3. The molecule has 1 rings (SSSR count). The number of aliphatic hydroxyl groups is 1. The van der Waals surface area contributed by atoms with Crippen LogP contribution in [-0.4, -0.2) is 28.4 Å². The van der Waals surface area contributed by atoms with E-state index in [1.165, 1.54) is 13.2 Å². The molecule has 1 atom stereocenters. The maximum absolute atomic E-state index is 10.5. The first-order valence-electron chi connectivity index (χ1n) is 6.72. The number of rotatable bonds is 7. The molecular weight excluding hydrogens is 272 g/mol. The van der Waals surface area contributed by atoms with Gasteiger partial charge in [-0.1, -0.05) is 26.0 Å². The average Bonchev–Trinajstić information content (AvgIpc) is 2.42. The van der Waals surface area contributed by atoms with E-state index in [0.717, 1.165) is 6.08 Å². The third-order valence-corrected chi connectivity index (χ3v) is 3.47. The zero-order valence-electron chi connectivity index (χ0n) is 12.5. The molecule has 3 N–H and O–H groups in total. The standard InChI is InChI=1S/C16H22O5/c1-16(2,9-5-4-6-14(18)19)15(20)11-7-8-13(21-3)12(17)10-11/h4,6-8,10,15,17,20H,5,9H2,1-3H3,(H,18,19)/b6-4+/t15-/m1/s1. The Morgan fingerprint density at radius 2 is 2.10 bits per heavy atom. The van der Waals surface area contributed by atoms with E-state index in [1.54, 1.807) is 18.2 Å². The summed E-state index contributed by atoms with van der Waals surface area (Å²) in [5.74, 6) is -0.641. The van der Waals surface area contributed by atoms with Crippen molar-refractivity contribution in [1.82, 2.24) is 0 Å². The zero-order valence-corrected chi connectivity index (χ0v) is 12.5. The SMILES string of the molecule is COc1ccc([C@@H](O)C(C)(C)CC/C=C/C(=O)O)cc1O. The summed E-state index contributed by atoms with van der Waals surface area (Å²) in [5, 5.41) is 28.8. The first-order chi connectivity index (χ1) is 9.77. The van der Waals surface area contributed by atoms with E-state index in [-0.39, 0.29) is 5.75 Å². The normalized spacial score (nSPS) is 13.3. The second-order valence-electron chi connectivity index (χ2n) is 5.60. The molecule has 0 bridgehead atoms. The van der Waals surface area contributed by atoms with Crippen LogP contribution in [-0.2, 0) is 4.79 Å². The second-order valence-corrected chi connectivity index (χ2v) is 5.60. The van der Waals surface area contributed by atoms with E-state index in [2.05, 4.69) is 0 Å². The molecule has 0 aliphatic heterocycles. The third kappa shape index (κ3) is 4.79. The number of aromatic hydroxyl groups is 1. The number of phenolic OH excluding ortho intramolecular Hbond substituents is 1. The van der Waals surface area contributed by atoms with E-state index in [9.17, 15) is 15.0 Å². The molecule has 5 heteroatoms. The van der Waals surface area contributed by atoms with E-state index >= 15 is 0 Å². The summed E-state index contributed by atoms with van der Waals surface area (Å²) in [5.41, 5.74) is 0.143. The second kappa shape index (κ2) is 7.13. The predicted octanol–water partition coefficient (Wildman–Crippen LogP) is 2.88. The number of phenols is 1. The van der Waals surface area contributed by atoms with Gasteiger partial charge in [-0.05, 0) is 36.0 Å². The molecule has 0 unspecified atom stereocenters. The van der Waals surface area contributed by atoms with Gasteiger partial charge in [-0.2, -0.15) is 0 Å². The molecule has 0 saturated carbocycles. The van der Waals surface area contributed by atoms with Crippen molar-refractivity contribution in [3.8, 4) is 11.5 Å². The molecule has 116 valence electrons. The van der Waals surface area contributed by atoms with Crippen LogP contribution in [0.15, 0.2) is 30.4 Å². The number of carboxylic acids is 1. The van der Waals surface area contributed by atoms with Gasteiger partial charge in [0.05, 0.1) is 13.2 Å². The van der Waals surface area contributed by atoms with Gasteiger partial charge in [0, 0.05) is 6.08 Å². The molecule has 5 nitrogen and oxygen atoms in total. The summed E-state index contributed by atoms with van der Waals surface area (Å²) in [7, 11) is 1.46. The Morgan fingerprint density at radius 3 is 2.62 bits per heavy atom. The van der Waals surface area contributed by atoms with Gasteiger partial charge < -0.3 is 20.1 Å². The summed E-state index contributed by atoms with van der Waals surface area (Å²) < 4.78 is 4.97. The van der Waals surface area contributed by atoms with Crippen LogP contribution in [0.5, 0.6) is 11.5 Å². The Bertz CT molecular complexity index is 519. The minimum atomic E-state index is -0.978. The van der Waals surface area contributed by atoms with E-state index in [1.807, 2.05) is 13.8 Å². The number of carboxylic acid groups (broad SMARTS) is 1. The van der Waals surface area contributed by atoms with E-state index in [4.69, 9.17) is 9.84 Å². The number of methoxy groups -OCH3 is 1. The Morgan fingerprint density at radius 1 is 1.43 bits per heavy atom. The Hall–Kier alpha value is -2.01. The lowest BCUT2D eigenvalue weighted by molar-refractivity contribution is -0.131.